The average molecular weight is 295 g/mol. The summed E-state index contributed by atoms with van der Waals surface area (Å²) in [5, 5.41) is 3.52. The van der Waals surface area contributed by atoms with Crippen LogP contribution in [0.2, 0.25) is 0 Å². The van der Waals surface area contributed by atoms with Crippen molar-refractivity contribution in [3.63, 3.8) is 0 Å². The highest BCUT2D eigenvalue weighted by molar-refractivity contribution is 9.10. The van der Waals surface area contributed by atoms with Gasteiger partial charge in [0.25, 0.3) is 0 Å². The Morgan fingerprint density at radius 3 is 3.12 bits per heavy atom. The monoisotopic (exact) mass is 294 g/mol. The van der Waals surface area contributed by atoms with Gasteiger partial charge in [0, 0.05) is 29.8 Å². The summed E-state index contributed by atoms with van der Waals surface area (Å²) in [6, 6.07) is 2.84. The molecule has 0 atom stereocenters. The summed E-state index contributed by atoms with van der Waals surface area (Å²) in [5.74, 6) is 1.03. The van der Waals surface area contributed by atoms with E-state index in [0.717, 1.165) is 40.6 Å². The molecule has 2 aromatic heterocycles. The summed E-state index contributed by atoms with van der Waals surface area (Å²) in [4.78, 5) is 8.79. The number of rotatable bonds is 4. The lowest BCUT2D eigenvalue weighted by Crippen LogP contribution is -2.22. The highest BCUT2D eigenvalue weighted by atomic mass is 79.9. The number of aromatic nitrogens is 3. The van der Waals surface area contributed by atoms with Crippen molar-refractivity contribution in [2.24, 2.45) is 0 Å². The van der Waals surface area contributed by atoms with Crippen LogP contribution in [0.1, 0.15) is 18.7 Å². The topological polar surface area (TPSA) is 42.7 Å². The maximum Gasteiger partial charge on any atom is 0.177 e. The maximum atomic E-state index is 4.47. The van der Waals surface area contributed by atoms with Gasteiger partial charge in [-0.15, -0.1) is 0 Å². The van der Waals surface area contributed by atoms with E-state index in [2.05, 4.69) is 41.8 Å². The molecule has 17 heavy (non-hydrogen) atoms. The molecule has 3 rings (SSSR count). The first kappa shape index (κ1) is 11.2. The second kappa shape index (κ2) is 4.38. The SMILES string of the molecule is Cc1nc2ncc(Br)cc2n1CCNC1CC1. The number of hydrogen-bond acceptors (Lipinski definition) is 3. The van der Waals surface area contributed by atoms with Crippen molar-refractivity contribution < 1.29 is 0 Å². The number of nitrogens with zero attached hydrogens (tertiary/aromatic N) is 3. The molecule has 0 spiro atoms. The van der Waals surface area contributed by atoms with Crippen molar-refractivity contribution in [1.29, 1.82) is 0 Å². The highest BCUT2D eigenvalue weighted by Crippen LogP contribution is 2.20. The summed E-state index contributed by atoms with van der Waals surface area (Å²) >= 11 is 3.46. The molecule has 5 heteroatoms. The van der Waals surface area contributed by atoms with Gasteiger partial charge in [-0.25, -0.2) is 9.97 Å². The highest BCUT2D eigenvalue weighted by Gasteiger charge is 2.20. The van der Waals surface area contributed by atoms with Crippen LogP contribution in [0.15, 0.2) is 16.7 Å². The van der Waals surface area contributed by atoms with E-state index < -0.39 is 0 Å². The second-order valence-electron chi connectivity index (χ2n) is 4.54. The molecule has 1 N–H and O–H groups in total. The minimum Gasteiger partial charge on any atom is -0.326 e. The van der Waals surface area contributed by atoms with Gasteiger partial charge in [-0.3, -0.25) is 0 Å². The fourth-order valence-corrected chi connectivity index (χ4v) is 2.36. The van der Waals surface area contributed by atoms with Gasteiger partial charge in [0.2, 0.25) is 0 Å². The summed E-state index contributed by atoms with van der Waals surface area (Å²) in [6.45, 7) is 3.99. The zero-order valence-corrected chi connectivity index (χ0v) is 11.4. The lowest BCUT2D eigenvalue weighted by Gasteiger charge is -2.07. The molecule has 1 fully saturated rings. The molecule has 0 unspecified atom stereocenters. The quantitative estimate of drug-likeness (QED) is 0.941. The third-order valence-corrected chi connectivity index (χ3v) is 3.54. The molecule has 1 aliphatic rings. The average Bonchev–Trinajstić information content (AvgIpc) is 3.06. The van der Waals surface area contributed by atoms with Crippen LogP contribution in [0, 0.1) is 6.92 Å². The standard InChI is InChI=1S/C12H15BrN4/c1-8-16-12-11(6-9(13)7-15-12)17(8)5-4-14-10-2-3-10/h6-7,10,14H,2-5H2,1H3. The largest absolute Gasteiger partial charge is 0.326 e. The van der Waals surface area contributed by atoms with E-state index in [4.69, 9.17) is 0 Å². The molecule has 0 aliphatic heterocycles. The van der Waals surface area contributed by atoms with E-state index in [9.17, 15) is 0 Å². The van der Waals surface area contributed by atoms with Crippen molar-refractivity contribution in [2.45, 2.75) is 32.4 Å². The minimum atomic E-state index is 0.759. The van der Waals surface area contributed by atoms with Crippen LogP contribution in [0.25, 0.3) is 11.2 Å². The Labute approximate surface area is 109 Å². The molecule has 1 saturated carbocycles. The van der Waals surface area contributed by atoms with Crippen LogP contribution in [-0.4, -0.2) is 27.1 Å². The fourth-order valence-electron chi connectivity index (χ4n) is 2.04. The summed E-state index contributed by atoms with van der Waals surface area (Å²) < 4.78 is 3.23. The Morgan fingerprint density at radius 2 is 2.35 bits per heavy atom. The van der Waals surface area contributed by atoms with Crippen molar-refractivity contribution in [3.05, 3.63) is 22.6 Å². The van der Waals surface area contributed by atoms with Crippen molar-refractivity contribution in [3.8, 4) is 0 Å². The molecule has 4 nitrogen and oxygen atoms in total. The Kier molecular flexibility index (Phi) is 2.88. The van der Waals surface area contributed by atoms with Crippen molar-refractivity contribution in [2.75, 3.05) is 6.54 Å². The van der Waals surface area contributed by atoms with Gasteiger partial charge >= 0.3 is 0 Å². The van der Waals surface area contributed by atoms with Crippen LogP contribution < -0.4 is 5.32 Å². The van der Waals surface area contributed by atoms with Gasteiger partial charge in [-0.1, -0.05) is 0 Å². The van der Waals surface area contributed by atoms with Gasteiger partial charge in [0.05, 0.1) is 5.52 Å². The Hall–Kier alpha value is -0.940. The molecule has 0 aromatic carbocycles. The van der Waals surface area contributed by atoms with E-state index >= 15 is 0 Å². The predicted octanol–water partition coefficient (Wildman–Crippen LogP) is 2.25. The number of halogens is 1. The molecular weight excluding hydrogens is 280 g/mol. The molecule has 2 heterocycles. The third-order valence-electron chi connectivity index (χ3n) is 3.11. The Balaban J connectivity index is 1.84. The number of aryl methyl sites for hydroxylation is 1. The molecule has 0 bridgehead atoms. The van der Waals surface area contributed by atoms with Crippen LogP contribution >= 0.6 is 15.9 Å². The zero-order chi connectivity index (χ0) is 11.8. The Morgan fingerprint density at radius 1 is 1.53 bits per heavy atom. The number of fused-ring (bicyclic) bond motifs is 1. The lowest BCUT2D eigenvalue weighted by molar-refractivity contribution is 0.595. The van der Waals surface area contributed by atoms with E-state index in [1.807, 2.05) is 6.92 Å². The Bertz CT molecular complexity index is 545. The van der Waals surface area contributed by atoms with Crippen molar-refractivity contribution >= 4 is 27.1 Å². The molecule has 0 saturated heterocycles. The molecule has 0 radical (unpaired) electrons. The molecule has 90 valence electrons. The second-order valence-corrected chi connectivity index (χ2v) is 5.45. The van der Waals surface area contributed by atoms with Gasteiger partial charge in [-0.05, 0) is 41.8 Å². The predicted molar refractivity (Wildman–Crippen MR) is 71.0 cm³/mol. The summed E-state index contributed by atoms with van der Waals surface area (Å²) in [5.41, 5.74) is 1.94. The fraction of sp³-hybridized carbons (Fsp3) is 0.500. The first-order chi connectivity index (χ1) is 8.24. The minimum absolute atomic E-state index is 0.759. The molecule has 2 aromatic rings. The van der Waals surface area contributed by atoms with Gasteiger partial charge in [0.1, 0.15) is 5.82 Å². The molecule has 1 aliphatic carbocycles. The van der Waals surface area contributed by atoms with Gasteiger partial charge in [0.15, 0.2) is 5.65 Å². The number of pyridine rings is 1. The molecular formula is C12H15BrN4. The smallest absolute Gasteiger partial charge is 0.177 e. The number of imidazole rings is 1. The van der Waals surface area contributed by atoms with Crippen LogP contribution in [0.3, 0.4) is 0 Å². The van der Waals surface area contributed by atoms with E-state index in [1.165, 1.54) is 12.8 Å². The van der Waals surface area contributed by atoms with Crippen molar-refractivity contribution in [1.82, 2.24) is 19.9 Å². The van der Waals surface area contributed by atoms with E-state index in [1.54, 1.807) is 6.20 Å². The molecule has 0 amide bonds. The first-order valence-corrected chi connectivity index (χ1v) is 6.75. The lowest BCUT2D eigenvalue weighted by atomic mass is 10.4. The summed E-state index contributed by atoms with van der Waals surface area (Å²) in [6.07, 6.45) is 4.45. The summed E-state index contributed by atoms with van der Waals surface area (Å²) in [7, 11) is 0. The van der Waals surface area contributed by atoms with Gasteiger partial charge in [-0.2, -0.15) is 0 Å². The maximum absolute atomic E-state index is 4.47. The van der Waals surface area contributed by atoms with E-state index in [-0.39, 0.29) is 0 Å². The van der Waals surface area contributed by atoms with Crippen LogP contribution in [0.4, 0.5) is 0 Å². The number of hydrogen-bond donors (Lipinski definition) is 1. The third kappa shape index (κ3) is 2.35. The number of nitrogens with one attached hydrogen (secondary N) is 1. The zero-order valence-electron chi connectivity index (χ0n) is 9.78. The first-order valence-electron chi connectivity index (χ1n) is 5.96. The van der Waals surface area contributed by atoms with Crippen LogP contribution in [0.5, 0.6) is 0 Å². The van der Waals surface area contributed by atoms with E-state index in [0.29, 0.717) is 0 Å². The van der Waals surface area contributed by atoms with Gasteiger partial charge < -0.3 is 9.88 Å². The van der Waals surface area contributed by atoms with Crippen LogP contribution in [-0.2, 0) is 6.54 Å². The normalized spacial score (nSPS) is 15.6.